The van der Waals surface area contributed by atoms with Crippen molar-refractivity contribution in [2.75, 3.05) is 11.5 Å². The predicted octanol–water partition coefficient (Wildman–Crippen LogP) is 1.72. The average molecular weight is 397 g/mol. The monoisotopic (exact) mass is 396 g/mol. The molecular formula is C19H28N2O5S. The zero-order valence-electron chi connectivity index (χ0n) is 16.2. The molecule has 8 heteroatoms. The smallest absolute Gasteiger partial charge is 0.279 e. The molecule has 2 atom stereocenters. The lowest BCUT2D eigenvalue weighted by atomic mass is 9.87. The Morgan fingerprint density at radius 3 is 2.56 bits per heavy atom. The van der Waals surface area contributed by atoms with Gasteiger partial charge in [-0.15, -0.1) is 0 Å². The summed E-state index contributed by atoms with van der Waals surface area (Å²) in [6.07, 6.45) is -0.247. The van der Waals surface area contributed by atoms with Gasteiger partial charge in [-0.25, -0.2) is 8.42 Å². The van der Waals surface area contributed by atoms with E-state index in [4.69, 9.17) is 4.74 Å². The van der Waals surface area contributed by atoms with Crippen LogP contribution in [0.15, 0.2) is 24.3 Å². The lowest BCUT2D eigenvalue weighted by Crippen LogP contribution is -2.47. The summed E-state index contributed by atoms with van der Waals surface area (Å²) in [6.45, 7) is 7.86. The first-order valence-electron chi connectivity index (χ1n) is 9.02. The van der Waals surface area contributed by atoms with Gasteiger partial charge in [0.05, 0.1) is 11.5 Å². The highest BCUT2D eigenvalue weighted by atomic mass is 32.2. The fourth-order valence-corrected chi connectivity index (χ4v) is 4.73. The summed E-state index contributed by atoms with van der Waals surface area (Å²) in [5.74, 6) is -0.363. The molecule has 2 amide bonds. The number of benzene rings is 1. The molecule has 150 valence electrons. The maximum absolute atomic E-state index is 12.1. The second-order valence-electron chi connectivity index (χ2n) is 8.05. The molecule has 1 aliphatic rings. The third-order valence-electron chi connectivity index (χ3n) is 4.51. The van der Waals surface area contributed by atoms with Crippen LogP contribution in [0.4, 0.5) is 0 Å². The van der Waals surface area contributed by atoms with Gasteiger partial charge in [-0.2, -0.15) is 0 Å². The van der Waals surface area contributed by atoms with Crippen LogP contribution in [-0.4, -0.2) is 37.8 Å². The molecular weight excluding hydrogens is 368 g/mol. The highest BCUT2D eigenvalue weighted by molar-refractivity contribution is 7.91. The number of ether oxygens (including phenoxy) is 1. The number of amides is 2. The molecule has 1 heterocycles. The van der Waals surface area contributed by atoms with Gasteiger partial charge in [-0.1, -0.05) is 32.9 Å². The fourth-order valence-electron chi connectivity index (χ4n) is 2.87. The van der Waals surface area contributed by atoms with E-state index >= 15 is 0 Å². The number of carbonyl (C=O) groups excluding carboxylic acids is 2. The van der Waals surface area contributed by atoms with Crippen molar-refractivity contribution in [3.05, 3.63) is 29.8 Å². The summed E-state index contributed by atoms with van der Waals surface area (Å²) in [5, 5.41) is 0. The highest BCUT2D eigenvalue weighted by Crippen LogP contribution is 2.26. The maximum atomic E-state index is 12.1. The van der Waals surface area contributed by atoms with Crippen molar-refractivity contribution in [1.29, 1.82) is 0 Å². The molecule has 0 saturated carbocycles. The van der Waals surface area contributed by atoms with Crippen LogP contribution >= 0.6 is 0 Å². The van der Waals surface area contributed by atoms with E-state index in [2.05, 4.69) is 31.6 Å². The number of hydrogen-bond acceptors (Lipinski definition) is 5. The summed E-state index contributed by atoms with van der Waals surface area (Å²) < 4.78 is 28.5. The quantitative estimate of drug-likeness (QED) is 0.738. The van der Waals surface area contributed by atoms with Gasteiger partial charge >= 0.3 is 0 Å². The van der Waals surface area contributed by atoms with Crippen LogP contribution in [0.25, 0.3) is 0 Å². The van der Waals surface area contributed by atoms with Crippen LogP contribution in [0.2, 0.25) is 0 Å². The molecule has 1 fully saturated rings. The van der Waals surface area contributed by atoms with E-state index < -0.39 is 27.8 Å². The molecule has 27 heavy (non-hydrogen) atoms. The van der Waals surface area contributed by atoms with Gasteiger partial charge in [-0.05, 0) is 42.4 Å². The van der Waals surface area contributed by atoms with Crippen LogP contribution in [-0.2, 0) is 24.8 Å². The number of hydrazine groups is 1. The van der Waals surface area contributed by atoms with Gasteiger partial charge < -0.3 is 4.74 Å². The third-order valence-corrected chi connectivity index (χ3v) is 6.35. The Balaban J connectivity index is 1.81. The Morgan fingerprint density at radius 1 is 1.26 bits per heavy atom. The number of carbonyl (C=O) groups is 2. The van der Waals surface area contributed by atoms with Crippen molar-refractivity contribution >= 4 is 21.7 Å². The Bertz CT molecular complexity index is 799. The van der Waals surface area contributed by atoms with Gasteiger partial charge in [0, 0.05) is 6.42 Å². The van der Waals surface area contributed by atoms with Crippen LogP contribution in [0.1, 0.15) is 46.1 Å². The van der Waals surface area contributed by atoms with Crippen LogP contribution in [0, 0.1) is 5.92 Å². The minimum absolute atomic E-state index is 0.0258. The van der Waals surface area contributed by atoms with E-state index in [0.717, 1.165) is 5.56 Å². The van der Waals surface area contributed by atoms with Crippen molar-refractivity contribution in [3.8, 4) is 5.75 Å². The van der Waals surface area contributed by atoms with Crippen molar-refractivity contribution in [2.24, 2.45) is 5.92 Å². The first-order chi connectivity index (χ1) is 12.5. The van der Waals surface area contributed by atoms with E-state index in [9.17, 15) is 18.0 Å². The molecule has 1 aromatic carbocycles. The fraction of sp³-hybridized carbons (Fsp3) is 0.579. The van der Waals surface area contributed by atoms with E-state index in [1.807, 2.05) is 18.2 Å². The van der Waals surface area contributed by atoms with Crippen LogP contribution in [0.5, 0.6) is 5.75 Å². The molecule has 1 aliphatic heterocycles. The molecule has 1 aromatic rings. The summed E-state index contributed by atoms with van der Waals surface area (Å²) in [7, 11) is -3.02. The molecule has 0 aromatic heterocycles. The molecule has 0 radical (unpaired) electrons. The molecule has 0 spiro atoms. The summed E-state index contributed by atoms with van der Waals surface area (Å²) in [4.78, 5) is 24.0. The normalized spacial score (nSPS) is 19.9. The Morgan fingerprint density at radius 2 is 1.96 bits per heavy atom. The van der Waals surface area contributed by atoms with Gasteiger partial charge in [0.2, 0.25) is 5.91 Å². The van der Waals surface area contributed by atoms with Crippen LogP contribution < -0.4 is 15.6 Å². The first kappa shape index (κ1) is 21.2. The molecule has 2 unspecified atom stereocenters. The van der Waals surface area contributed by atoms with Crippen LogP contribution in [0.3, 0.4) is 0 Å². The van der Waals surface area contributed by atoms with Crippen molar-refractivity contribution in [3.63, 3.8) is 0 Å². The van der Waals surface area contributed by atoms with Gasteiger partial charge in [0.1, 0.15) is 5.75 Å². The molecule has 7 nitrogen and oxygen atoms in total. The van der Waals surface area contributed by atoms with Gasteiger partial charge in [0.15, 0.2) is 15.9 Å². The molecule has 0 bridgehead atoms. The Labute approximate surface area is 160 Å². The minimum Gasteiger partial charge on any atom is -0.481 e. The zero-order chi connectivity index (χ0) is 20.2. The Hall–Kier alpha value is -2.09. The second kappa shape index (κ2) is 8.29. The topological polar surface area (TPSA) is 102 Å². The van der Waals surface area contributed by atoms with E-state index in [1.165, 1.54) is 0 Å². The standard InChI is InChI=1S/C19H28N2O5S/c1-13(26-16-7-5-6-15(11-16)19(2,3)4)18(23)21-20-17(22)10-14-8-9-27(24,25)12-14/h5-7,11,13-14H,8-10,12H2,1-4H3,(H,20,22)(H,21,23). The predicted molar refractivity (Wildman–Crippen MR) is 103 cm³/mol. The molecule has 2 rings (SSSR count). The Kier molecular flexibility index (Phi) is 6.51. The molecule has 0 aliphatic carbocycles. The maximum Gasteiger partial charge on any atom is 0.279 e. The average Bonchev–Trinajstić information content (AvgIpc) is 2.90. The number of rotatable bonds is 5. The van der Waals surface area contributed by atoms with E-state index in [0.29, 0.717) is 12.2 Å². The second-order valence-corrected chi connectivity index (χ2v) is 10.3. The minimum atomic E-state index is -3.02. The van der Waals surface area contributed by atoms with Crippen molar-refractivity contribution in [1.82, 2.24) is 10.9 Å². The summed E-state index contributed by atoms with van der Waals surface area (Å²) in [5.41, 5.74) is 5.71. The highest BCUT2D eigenvalue weighted by Gasteiger charge is 2.29. The van der Waals surface area contributed by atoms with Crippen molar-refractivity contribution < 1.29 is 22.7 Å². The number of sulfone groups is 1. The third kappa shape index (κ3) is 6.53. The van der Waals surface area contributed by atoms with Crippen molar-refractivity contribution in [2.45, 2.75) is 52.1 Å². The largest absolute Gasteiger partial charge is 0.481 e. The van der Waals surface area contributed by atoms with E-state index in [-0.39, 0.29) is 29.3 Å². The van der Waals surface area contributed by atoms with Gasteiger partial charge in [-0.3, -0.25) is 20.4 Å². The summed E-state index contributed by atoms with van der Waals surface area (Å²) >= 11 is 0. The molecule has 1 saturated heterocycles. The lowest BCUT2D eigenvalue weighted by molar-refractivity contribution is -0.133. The number of hydrogen-bond donors (Lipinski definition) is 2. The van der Waals surface area contributed by atoms with E-state index in [1.54, 1.807) is 13.0 Å². The zero-order valence-corrected chi connectivity index (χ0v) is 17.1. The number of nitrogens with one attached hydrogen (secondary N) is 2. The molecule has 2 N–H and O–H groups in total. The SMILES string of the molecule is CC(Oc1cccc(C(C)(C)C)c1)C(=O)NNC(=O)CC1CCS(=O)(=O)C1. The summed E-state index contributed by atoms with van der Waals surface area (Å²) in [6, 6.07) is 7.54. The lowest BCUT2D eigenvalue weighted by Gasteiger charge is -2.21. The van der Waals surface area contributed by atoms with Gasteiger partial charge in [0.25, 0.3) is 5.91 Å². The first-order valence-corrected chi connectivity index (χ1v) is 10.8.